The first-order chi connectivity index (χ1) is 8.84. The number of carbonyl (C=O) groups excluding carboxylic acids is 1. The van der Waals surface area contributed by atoms with Crippen molar-refractivity contribution in [2.45, 2.75) is 19.6 Å². The third-order valence-electron chi connectivity index (χ3n) is 2.19. The maximum absolute atomic E-state index is 12.3. The van der Waals surface area contributed by atoms with Crippen LogP contribution in [0.25, 0.3) is 0 Å². The molecule has 0 saturated carbocycles. The second kappa shape index (κ2) is 6.37. The third kappa shape index (κ3) is 4.74. The molecule has 0 bridgehead atoms. The topological polar surface area (TPSA) is 54.5 Å². The highest BCUT2D eigenvalue weighted by atomic mass is 19.4. The second-order valence-electron chi connectivity index (χ2n) is 3.63. The molecule has 0 aliphatic rings. The molecule has 0 radical (unpaired) electrons. The van der Waals surface area contributed by atoms with Crippen molar-refractivity contribution >= 4 is 6.09 Å². The van der Waals surface area contributed by atoms with Gasteiger partial charge in [-0.05, 0) is 19.1 Å². The van der Waals surface area contributed by atoms with Gasteiger partial charge in [0.25, 0.3) is 0 Å². The molecule has 1 amide bonds. The zero-order valence-corrected chi connectivity index (χ0v) is 10.5. The van der Waals surface area contributed by atoms with Gasteiger partial charge in [-0.3, -0.25) is 4.98 Å². The predicted octanol–water partition coefficient (Wildman–Crippen LogP) is 2.19. The number of carbonyl (C=O) groups is 1. The van der Waals surface area contributed by atoms with Crippen LogP contribution in [0.1, 0.15) is 18.2 Å². The lowest BCUT2D eigenvalue weighted by Gasteiger charge is -2.17. The van der Waals surface area contributed by atoms with Crippen LogP contribution < -0.4 is 5.43 Å². The minimum atomic E-state index is -4.40. The predicted molar refractivity (Wildman–Crippen MR) is 60.9 cm³/mol. The maximum atomic E-state index is 12.3. The first-order valence-electron chi connectivity index (χ1n) is 5.50. The molecule has 5 nitrogen and oxygen atoms in total. The number of aromatic nitrogens is 1. The Balaban J connectivity index is 2.53. The summed E-state index contributed by atoms with van der Waals surface area (Å²) in [6.45, 7) is 2.03. The molecule has 0 aliphatic carbocycles. The van der Waals surface area contributed by atoms with Crippen molar-refractivity contribution in [2.75, 3.05) is 13.7 Å². The van der Waals surface area contributed by atoms with Crippen LogP contribution in [-0.2, 0) is 17.5 Å². The lowest BCUT2D eigenvalue weighted by molar-refractivity contribution is -0.137. The summed E-state index contributed by atoms with van der Waals surface area (Å²) in [7, 11) is 1.45. The van der Waals surface area contributed by atoms with Crippen LogP contribution in [-0.4, -0.2) is 29.7 Å². The van der Waals surface area contributed by atoms with Crippen molar-refractivity contribution in [2.24, 2.45) is 0 Å². The van der Waals surface area contributed by atoms with Gasteiger partial charge in [0.15, 0.2) is 0 Å². The summed E-state index contributed by atoms with van der Waals surface area (Å²) >= 11 is 0. The van der Waals surface area contributed by atoms with Crippen LogP contribution in [0, 0.1) is 0 Å². The molecular weight excluding hydrogens is 263 g/mol. The van der Waals surface area contributed by atoms with Gasteiger partial charge >= 0.3 is 12.3 Å². The van der Waals surface area contributed by atoms with Gasteiger partial charge in [-0.2, -0.15) is 13.2 Å². The van der Waals surface area contributed by atoms with Gasteiger partial charge in [-0.15, -0.1) is 0 Å². The monoisotopic (exact) mass is 277 g/mol. The first-order valence-corrected chi connectivity index (χ1v) is 5.50. The van der Waals surface area contributed by atoms with Crippen LogP contribution in [0.5, 0.6) is 0 Å². The minimum Gasteiger partial charge on any atom is -0.449 e. The molecule has 0 saturated heterocycles. The van der Waals surface area contributed by atoms with Crippen LogP contribution in [0.3, 0.4) is 0 Å². The number of nitrogens with one attached hydrogen (secondary N) is 1. The number of amides is 1. The van der Waals surface area contributed by atoms with Crippen LogP contribution in [0.2, 0.25) is 0 Å². The molecule has 0 atom stereocenters. The van der Waals surface area contributed by atoms with Gasteiger partial charge < -0.3 is 4.74 Å². The third-order valence-corrected chi connectivity index (χ3v) is 2.19. The number of alkyl halides is 3. The standard InChI is InChI=1S/C11H14F3N3O2/c1-3-19-10(18)17(2)16-7-9-5-4-8(6-15-9)11(12,13)14/h4-6,16H,3,7H2,1-2H3. The van der Waals surface area contributed by atoms with Crippen molar-refractivity contribution in [3.05, 3.63) is 29.6 Å². The van der Waals surface area contributed by atoms with E-state index in [4.69, 9.17) is 4.74 Å². The van der Waals surface area contributed by atoms with Gasteiger partial charge in [-0.25, -0.2) is 15.2 Å². The zero-order valence-electron chi connectivity index (χ0n) is 10.5. The molecule has 0 unspecified atom stereocenters. The normalized spacial score (nSPS) is 11.2. The lowest BCUT2D eigenvalue weighted by atomic mass is 10.2. The smallest absolute Gasteiger partial charge is 0.423 e. The van der Waals surface area contributed by atoms with Gasteiger partial charge in [-0.1, -0.05) is 0 Å². The Morgan fingerprint density at radius 3 is 2.63 bits per heavy atom. The SMILES string of the molecule is CCOC(=O)N(C)NCc1ccc(C(F)(F)F)cn1. The first kappa shape index (κ1) is 15.2. The summed E-state index contributed by atoms with van der Waals surface area (Å²) in [5.74, 6) is 0. The minimum absolute atomic E-state index is 0.119. The number of ether oxygens (including phenoxy) is 1. The number of pyridine rings is 1. The molecule has 1 aromatic rings. The van der Waals surface area contributed by atoms with E-state index in [1.165, 1.54) is 13.1 Å². The van der Waals surface area contributed by atoms with Crippen LogP contribution in [0.15, 0.2) is 18.3 Å². The van der Waals surface area contributed by atoms with Crippen LogP contribution in [0.4, 0.5) is 18.0 Å². The number of hydrogen-bond donors (Lipinski definition) is 1. The molecular formula is C11H14F3N3O2. The largest absolute Gasteiger partial charge is 0.449 e. The molecule has 19 heavy (non-hydrogen) atoms. The van der Waals surface area contributed by atoms with Crippen molar-refractivity contribution < 1.29 is 22.7 Å². The fourth-order valence-electron chi connectivity index (χ4n) is 1.18. The van der Waals surface area contributed by atoms with E-state index < -0.39 is 17.8 Å². The average molecular weight is 277 g/mol. The van der Waals surface area contributed by atoms with E-state index in [2.05, 4.69) is 10.4 Å². The molecule has 0 aliphatic heterocycles. The quantitative estimate of drug-likeness (QED) is 0.857. The fraction of sp³-hybridized carbons (Fsp3) is 0.455. The highest BCUT2D eigenvalue weighted by Gasteiger charge is 2.30. The van der Waals surface area contributed by atoms with Crippen molar-refractivity contribution in [3.63, 3.8) is 0 Å². The summed E-state index contributed by atoms with van der Waals surface area (Å²) in [4.78, 5) is 14.9. The van der Waals surface area contributed by atoms with E-state index in [1.807, 2.05) is 0 Å². The zero-order chi connectivity index (χ0) is 14.5. The average Bonchev–Trinajstić information content (AvgIpc) is 2.35. The number of halogens is 3. The Labute approximate surface area is 108 Å². The molecule has 8 heteroatoms. The summed E-state index contributed by atoms with van der Waals surface area (Å²) in [5, 5.41) is 1.10. The maximum Gasteiger partial charge on any atom is 0.423 e. The highest BCUT2D eigenvalue weighted by molar-refractivity contribution is 5.66. The van der Waals surface area contributed by atoms with E-state index in [-0.39, 0.29) is 13.2 Å². The van der Waals surface area contributed by atoms with E-state index >= 15 is 0 Å². The molecule has 0 spiro atoms. The van der Waals surface area contributed by atoms with Gasteiger partial charge in [0.2, 0.25) is 0 Å². The molecule has 0 fully saturated rings. The number of nitrogens with zero attached hydrogens (tertiary/aromatic N) is 2. The number of rotatable bonds is 4. The Morgan fingerprint density at radius 2 is 2.16 bits per heavy atom. The highest BCUT2D eigenvalue weighted by Crippen LogP contribution is 2.28. The summed E-state index contributed by atoms with van der Waals surface area (Å²) < 4.78 is 41.6. The van der Waals surface area contributed by atoms with E-state index in [9.17, 15) is 18.0 Å². The number of hydrazine groups is 1. The van der Waals surface area contributed by atoms with Gasteiger partial charge in [0, 0.05) is 13.2 Å². The second-order valence-corrected chi connectivity index (χ2v) is 3.63. The van der Waals surface area contributed by atoms with E-state index in [0.29, 0.717) is 5.69 Å². The Morgan fingerprint density at radius 1 is 1.47 bits per heavy atom. The van der Waals surface area contributed by atoms with Gasteiger partial charge in [0.1, 0.15) is 0 Å². The molecule has 1 N–H and O–H groups in total. The fourth-order valence-corrected chi connectivity index (χ4v) is 1.18. The Kier molecular flexibility index (Phi) is 5.11. The van der Waals surface area contributed by atoms with Crippen molar-refractivity contribution in [1.82, 2.24) is 15.4 Å². The van der Waals surface area contributed by atoms with Crippen molar-refractivity contribution in [3.8, 4) is 0 Å². The molecule has 1 rings (SSSR count). The van der Waals surface area contributed by atoms with Crippen molar-refractivity contribution in [1.29, 1.82) is 0 Å². The molecule has 0 aromatic carbocycles. The summed E-state index contributed by atoms with van der Waals surface area (Å²) in [5.41, 5.74) is 2.23. The summed E-state index contributed by atoms with van der Waals surface area (Å²) in [6.07, 6.45) is -4.23. The lowest BCUT2D eigenvalue weighted by Crippen LogP contribution is -2.39. The van der Waals surface area contributed by atoms with Crippen LogP contribution >= 0.6 is 0 Å². The molecule has 1 heterocycles. The molecule has 106 valence electrons. The Bertz CT molecular complexity index is 420. The Hall–Kier alpha value is -1.83. The number of hydrogen-bond acceptors (Lipinski definition) is 4. The van der Waals surface area contributed by atoms with E-state index in [0.717, 1.165) is 17.3 Å². The molecule has 1 aromatic heterocycles. The van der Waals surface area contributed by atoms with E-state index in [1.54, 1.807) is 6.92 Å². The van der Waals surface area contributed by atoms with Gasteiger partial charge in [0.05, 0.1) is 24.4 Å². The summed E-state index contributed by atoms with van der Waals surface area (Å²) in [6, 6.07) is 2.18.